The molecule has 0 aromatic rings. The summed E-state index contributed by atoms with van der Waals surface area (Å²) < 4.78 is 3.64. The van der Waals surface area contributed by atoms with Gasteiger partial charge >= 0.3 is 117 Å². The van der Waals surface area contributed by atoms with Crippen LogP contribution in [0.15, 0.2) is 41.1 Å². The van der Waals surface area contributed by atoms with E-state index in [9.17, 15) is 0 Å². The summed E-state index contributed by atoms with van der Waals surface area (Å²) >= 11 is -0.786. The van der Waals surface area contributed by atoms with Crippen molar-refractivity contribution in [3.8, 4) is 0 Å². The normalized spacial score (nSPS) is 20.0. The van der Waals surface area contributed by atoms with Crippen LogP contribution in [0.1, 0.15) is 53.4 Å². The molecule has 0 atom stereocenters. The van der Waals surface area contributed by atoms with Crippen molar-refractivity contribution in [3.63, 3.8) is 0 Å². The van der Waals surface area contributed by atoms with Gasteiger partial charge in [0.15, 0.2) is 0 Å². The Hall–Kier alpha value is -0.170. The van der Waals surface area contributed by atoms with Crippen molar-refractivity contribution in [1.82, 2.24) is 0 Å². The van der Waals surface area contributed by atoms with E-state index in [0.717, 1.165) is 0 Å². The summed E-state index contributed by atoms with van der Waals surface area (Å²) in [5, 5.41) is 0. The first-order valence-corrected chi connectivity index (χ1v) is 10.3. The van der Waals surface area contributed by atoms with E-state index in [1.54, 1.807) is 25.6 Å². The number of allylic oxidation sites excluding steroid dienone is 8. The van der Waals surface area contributed by atoms with Crippen LogP contribution >= 0.6 is 0 Å². The molecule has 0 heterocycles. The fraction of sp³-hybridized carbons (Fsp3) is 0.500. The zero-order valence-electron chi connectivity index (χ0n) is 11.5. The van der Waals surface area contributed by atoms with E-state index in [0.29, 0.717) is 0 Å². The molecule has 0 fully saturated rings. The Morgan fingerprint density at radius 1 is 1.00 bits per heavy atom. The van der Waals surface area contributed by atoms with Crippen LogP contribution in [0.4, 0.5) is 0 Å². The van der Waals surface area contributed by atoms with Crippen molar-refractivity contribution in [2.24, 2.45) is 0 Å². The Morgan fingerprint density at radius 3 is 2.29 bits per heavy atom. The van der Waals surface area contributed by atoms with E-state index in [4.69, 9.17) is 0 Å². The fourth-order valence-electron chi connectivity index (χ4n) is 2.67. The average molecular weight is 393 g/mol. The van der Waals surface area contributed by atoms with Crippen molar-refractivity contribution >= 4 is 0 Å². The fourth-order valence-corrected chi connectivity index (χ4v) is 8.99. The minimum absolute atomic E-state index is 0.786. The molecule has 17 heavy (non-hydrogen) atoms. The monoisotopic (exact) mass is 394 g/mol. The first-order chi connectivity index (χ1) is 8.17. The van der Waals surface area contributed by atoms with E-state index >= 15 is 0 Å². The van der Waals surface area contributed by atoms with Gasteiger partial charge < -0.3 is 0 Å². The Bertz CT molecular complexity index is 444. The number of hydrogen-bond acceptors (Lipinski definition) is 0. The standard InChI is InChI=1S/C9H13.C7H9.Hf/c1-3-8-5-6-9(4-2)7-8;1-6-3-4-7(2)5-6;/h5H,3-4,6H2,1-2H3;3H,4H2,1-2H3;. The molecule has 0 radical (unpaired) electrons. The summed E-state index contributed by atoms with van der Waals surface area (Å²) in [6, 6.07) is 0. The van der Waals surface area contributed by atoms with Crippen LogP contribution in [0.3, 0.4) is 0 Å². The molecule has 2 aliphatic carbocycles. The summed E-state index contributed by atoms with van der Waals surface area (Å²) in [6.45, 7) is 9.29. The van der Waals surface area contributed by atoms with Gasteiger partial charge in [-0.2, -0.15) is 0 Å². The quantitative estimate of drug-likeness (QED) is 0.584. The molecule has 0 amide bonds. The molecule has 0 saturated carbocycles. The van der Waals surface area contributed by atoms with Gasteiger partial charge in [0.1, 0.15) is 0 Å². The van der Waals surface area contributed by atoms with E-state index < -0.39 is 22.9 Å². The molecule has 90 valence electrons. The second-order valence-electron chi connectivity index (χ2n) is 4.99. The average Bonchev–Trinajstić information content (AvgIpc) is 2.87. The summed E-state index contributed by atoms with van der Waals surface area (Å²) in [4.78, 5) is 0. The molecule has 1 heteroatoms. The van der Waals surface area contributed by atoms with Crippen LogP contribution in [0.5, 0.6) is 0 Å². The van der Waals surface area contributed by atoms with Gasteiger partial charge in [-0.3, -0.25) is 0 Å². The molecule has 2 rings (SSSR count). The summed E-state index contributed by atoms with van der Waals surface area (Å²) in [5.74, 6) is 0. The Balaban J connectivity index is 2.26. The van der Waals surface area contributed by atoms with E-state index in [-0.39, 0.29) is 0 Å². The van der Waals surface area contributed by atoms with E-state index in [2.05, 4.69) is 39.8 Å². The van der Waals surface area contributed by atoms with Crippen LogP contribution in [0, 0.1) is 0 Å². The van der Waals surface area contributed by atoms with Gasteiger partial charge in [-0.1, -0.05) is 0 Å². The molecule has 0 N–H and O–H groups in total. The molecule has 0 aromatic heterocycles. The van der Waals surface area contributed by atoms with E-state index in [1.165, 1.54) is 25.7 Å². The molecule has 0 saturated heterocycles. The van der Waals surface area contributed by atoms with Gasteiger partial charge in [-0.05, 0) is 0 Å². The molecule has 0 spiro atoms. The molecular formula is C16H22Hf. The van der Waals surface area contributed by atoms with Gasteiger partial charge in [0, 0.05) is 0 Å². The van der Waals surface area contributed by atoms with Crippen molar-refractivity contribution < 1.29 is 22.9 Å². The van der Waals surface area contributed by atoms with Gasteiger partial charge in [-0.15, -0.1) is 0 Å². The molecule has 0 bridgehead atoms. The number of hydrogen-bond donors (Lipinski definition) is 0. The Kier molecular flexibility index (Phi) is 4.41. The van der Waals surface area contributed by atoms with Crippen LogP contribution in [0.2, 0.25) is 0 Å². The third-order valence-corrected chi connectivity index (χ3v) is 11.0. The third kappa shape index (κ3) is 2.65. The summed E-state index contributed by atoms with van der Waals surface area (Å²) in [5.41, 5.74) is 6.70. The van der Waals surface area contributed by atoms with Crippen molar-refractivity contribution in [3.05, 3.63) is 41.1 Å². The molecule has 0 aliphatic heterocycles. The van der Waals surface area contributed by atoms with Gasteiger partial charge in [0.05, 0.1) is 0 Å². The first-order valence-electron chi connectivity index (χ1n) is 6.72. The van der Waals surface area contributed by atoms with E-state index in [1.807, 2.05) is 3.33 Å². The maximum atomic E-state index is 2.49. The molecule has 0 nitrogen and oxygen atoms in total. The summed E-state index contributed by atoms with van der Waals surface area (Å²) in [6.07, 6.45) is 9.88. The van der Waals surface area contributed by atoms with Gasteiger partial charge in [0.25, 0.3) is 0 Å². The zero-order chi connectivity index (χ0) is 12.4. The zero-order valence-corrected chi connectivity index (χ0v) is 15.1. The maximum absolute atomic E-state index is 2.49. The first kappa shape index (κ1) is 13.3. The van der Waals surface area contributed by atoms with Gasteiger partial charge in [-0.25, -0.2) is 0 Å². The second kappa shape index (κ2) is 5.65. The van der Waals surface area contributed by atoms with Crippen molar-refractivity contribution in [1.29, 1.82) is 0 Å². The predicted octanol–water partition coefficient (Wildman–Crippen LogP) is 5.10. The molecule has 2 aliphatic rings. The molecular weight excluding hydrogens is 371 g/mol. The van der Waals surface area contributed by atoms with Crippen LogP contribution in [-0.4, -0.2) is 0 Å². The summed E-state index contributed by atoms with van der Waals surface area (Å²) in [7, 11) is 0. The van der Waals surface area contributed by atoms with Gasteiger partial charge in [0.2, 0.25) is 0 Å². The minimum atomic E-state index is -0.786. The topological polar surface area (TPSA) is 0 Å². The number of rotatable bonds is 4. The van der Waals surface area contributed by atoms with Crippen molar-refractivity contribution in [2.75, 3.05) is 0 Å². The van der Waals surface area contributed by atoms with Crippen molar-refractivity contribution in [2.45, 2.75) is 53.4 Å². The molecule has 0 aromatic carbocycles. The van der Waals surface area contributed by atoms with Crippen LogP contribution < -0.4 is 0 Å². The van der Waals surface area contributed by atoms with Crippen LogP contribution in [-0.2, 0) is 22.9 Å². The SMILES string of the molecule is CCC1=CCC(CC)=[C]1[Hf][C]1=C(C)CC=C1C. The molecule has 0 unspecified atom stereocenters. The Labute approximate surface area is 117 Å². The Morgan fingerprint density at radius 2 is 1.76 bits per heavy atom. The third-order valence-electron chi connectivity index (χ3n) is 3.86. The van der Waals surface area contributed by atoms with Crippen LogP contribution in [0.25, 0.3) is 0 Å². The second-order valence-corrected chi connectivity index (χ2v) is 9.48. The predicted molar refractivity (Wildman–Crippen MR) is 71.4 cm³/mol.